The first-order valence-electron chi connectivity index (χ1n) is 16.3. The SMILES string of the molecule is COc1ccc2cc1Oc1ccc(cc1)C[C@H]1c3cc(c(C)cc3CCN1C)Oc1c(OC)c(OC)c([N+](=O)[O-])c3c1[C@H](C2)N(C)CC3. The molecule has 48 heavy (non-hydrogen) atoms. The van der Waals surface area contributed by atoms with Gasteiger partial charge in [0.15, 0.2) is 17.2 Å². The van der Waals surface area contributed by atoms with Crippen LogP contribution in [0.3, 0.4) is 0 Å². The third-order valence-electron chi connectivity index (χ3n) is 10.2. The van der Waals surface area contributed by atoms with Gasteiger partial charge in [0.2, 0.25) is 11.5 Å². The van der Waals surface area contributed by atoms with Crippen molar-refractivity contribution in [2.75, 3.05) is 48.5 Å². The molecule has 0 fully saturated rings. The molecule has 4 aliphatic heterocycles. The number of nitro benzene ring substituents is 1. The number of hydrogen-bond acceptors (Lipinski definition) is 9. The summed E-state index contributed by atoms with van der Waals surface area (Å²) in [6.07, 6.45) is 2.73. The second kappa shape index (κ2) is 12.7. The Morgan fingerprint density at radius 3 is 2.19 bits per heavy atom. The van der Waals surface area contributed by atoms with E-state index in [1.54, 1.807) is 7.11 Å². The van der Waals surface area contributed by atoms with Gasteiger partial charge in [-0.2, -0.15) is 0 Å². The van der Waals surface area contributed by atoms with E-state index in [-0.39, 0.29) is 34.2 Å². The summed E-state index contributed by atoms with van der Waals surface area (Å²) in [4.78, 5) is 17.0. The molecular weight excluding hydrogens is 610 g/mol. The molecule has 8 rings (SSSR count). The minimum absolute atomic E-state index is 0.0677. The van der Waals surface area contributed by atoms with Gasteiger partial charge in [0.1, 0.15) is 11.5 Å². The standard InChI is InChI=1S/C38H41N3O7/c1-22-17-25-13-15-39(2)29-18-23-7-10-26(11-8-23)47-33-20-24(9-12-31(33)44-4)19-30-34-27(14-16-40(30)3)35(41(42)43)37(45-5)38(46-6)36(34)48-32(22)21-28(25)29/h7-12,17,20-21,29-30H,13-16,18-19H2,1-6H3/t29-,30-/m0/s1. The van der Waals surface area contributed by atoms with Crippen LogP contribution in [0.25, 0.3) is 0 Å². The molecule has 0 unspecified atom stereocenters. The van der Waals surface area contributed by atoms with E-state index in [0.29, 0.717) is 53.7 Å². The zero-order valence-electron chi connectivity index (χ0n) is 28.3. The van der Waals surface area contributed by atoms with Crippen molar-refractivity contribution < 1.29 is 28.6 Å². The molecule has 0 saturated heterocycles. The van der Waals surface area contributed by atoms with Gasteiger partial charge in [-0.3, -0.25) is 19.9 Å². The maximum Gasteiger partial charge on any atom is 0.318 e. The summed E-state index contributed by atoms with van der Waals surface area (Å²) in [6.45, 7) is 3.62. The molecule has 0 radical (unpaired) electrons. The van der Waals surface area contributed by atoms with Crippen LogP contribution in [-0.4, -0.2) is 63.2 Å². The number of methoxy groups -OCH3 is 3. The van der Waals surface area contributed by atoms with Crippen molar-refractivity contribution in [3.8, 4) is 40.2 Å². The Kier molecular flexibility index (Phi) is 8.39. The lowest BCUT2D eigenvalue weighted by atomic mass is 9.86. The third kappa shape index (κ3) is 5.48. The first-order chi connectivity index (χ1) is 23.2. The van der Waals surface area contributed by atoms with Gasteiger partial charge in [0.25, 0.3) is 0 Å². The van der Waals surface area contributed by atoms with Gasteiger partial charge in [-0.15, -0.1) is 0 Å². The van der Waals surface area contributed by atoms with Gasteiger partial charge < -0.3 is 23.7 Å². The Labute approximate surface area is 280 Å². The van der Waals surface area contributed by atoms with Crippen molar-refractivity contribution in [2.24, 2.45) is 0 Å². The highest BCUT2D eigenvalue weighted by molar-refractivity contribution is 5.72. The summed E-state index contributed by atoms with van der Waals surface area (Å²) in [7, 11) is 8.77. The van der Waals surface area contributed by atoms with Crippen LogP contribution in [-0.2, 0) is 25.7 Å². The zero-order valence-corrected chi connectivity index (χ0v) is 28.3. The number of rotatable bonds is 4. The number of likely N-dealkylation sites (N-methyl/N-ethyl adjacent to an activating group) is 2. The minimum Gasteiger partial charge on any atom is -0.493 e. The van der Waals surface area contributed by atoms with E-state index in [1.807, 2.05) is 37.4 Å². The van der Waals surface area contributed by atoms with Crippen LogP contribution < -0.4 is 23.7 Å². The number of nitro groups is 1. The normalized spacial score (nSPS) is 18.9. The van der Waals surface area contributed by atoms with E-state index in [2.05, 4.69) is 48.0 Å². The molecule has 0 saturated carbocycles. The van der Waals surface area contributed by atoms with Crippen molar-refractivity contribution >= 4 is 5.69 Å². The fourth-order valence-electron chi connectivity index (χ4n) is 7.59. The Hall–Kier alpha value is -4.80. The first kappa shape index (κ1) is 31.8. The first-order valence-corrected chi connectivity index (χ1v) is 16.3. The highest BCUT2D eigenvalue weighted by atomic mass is 16.6. The number of hydrogen-bond donors (Lipinski definition) is 0. The highest BCUT2D eigenvalue weighted by Crippen LogP contribution is 2.55. The van der Waals surface area contributed by atoms with Gasteiger partial charge in [-0.25, -0.2) is 0 Å². The van der Waals surface area contributed by atoms with E-state index in [4.69, 9.17) is 23.7 Å². The van der Waals surface area contributed by atoms with E-state index in [9.17, 15) is 10.1 Å². The monoisotopic (exact) mass is 651 g/mol. The van der Waals surface area contributed by atoms with Crippen molar-refractivity contribution in [1.29, 1.82) is 0 Å². The number of fused-ring (bicyclic) bond motifs is 2. The fourth-order valence-corrected chi connectivity index (χ4v) is 7.59. The van der Waals surface area contributed by atoms with E-state index >= 15 is 0 Å². The summed E-state index contributed by atoms with van der Waals surface area (Å²) in [6, 6.07) is 18.4. The highest BCUT2D eigenvalue weighted by Gasteiger charge is 2.41. The molecule has 4 aliphatic rings. The minimum atomic E-state index is -0.361. The van der Waals surface area contributed by atoms with E-state index in [1.165, 1.54) is 30.9 Å². The van der Waals surface area contributed by atoms with Gasteiger partial charge in [-0.1, -0.05) is 24.3 Å². The molecule has 0 spiro atoms. The number of benzene rings is 4. The quantitative estimate of drug-likeness (QED) is 0.166. The molecule has 0 aromatic heterocycles. The summed E-state index contributed by atoms with van der Waals surface area (Å²) in [5, 5.41) is 12.7. The van der Waals surface area contributed by atoms with Crippen LogP contribution in [0.5, 0.6) is 40.2 Å². The Bertz CT molecular complexity index is 1890. The van der Waals surface area contributed by atoms with Crippen LogP contribution >= 0.6 is 0 Å². The van der Waals surface area contributed by atoms with Crippen molar-refractivity contribution in [2.45, 2.75) is 44.7 Å². The average molecular weight is 652 g/mol. The van der Waals surface area contributed by atoms with Crippen LogP contribution in [0.15, 0.2) is 54.6 Å². The molecule has 2 atom stereocenters. The van der Waals surface area contributed by atoms with Crippen molar-refractivity contribution in [3.05, 3.63) is 104 Å². The topological polar surface area (TPSA) is 95.8 Å². The molecule has 0 N–H and O–H groups in total. The Balaban J connectivity index is 1.50. The third-order valence-corrected chi connectivity index (χ3v) is 10.2. The largest absolute Gasteiger partial charge is 0.493 e. The lowest BCUT2D eigenvalue weighted by Crippen LogP contribution is -2.34. The molecule has 4 heterocycles. The van der Waals surface area contributed by atoms with Crippen LogP contribution in [0.2, 0.25) is 0 Å². The molecule has 10 nitrogen and oxygen atoms in total. The molecule has 250 valence electrons. The summed E-state index contributed by atoms with van der Waals surface area (Å²) < 4.78 is 30.7. The maximum absolute atomic E-state index is 12.7. The van der Waals surface area contributed by atoms with Crippen molar-refractivity contribution in [3.63, 3.8) is 0 Å². The molecule has 4 aromatic rings. The summed E-state index contributed by atoms with van der Waals surface area (Å²) >= 11 is 0. The molecule has 0 amide bonds. The fraction of sp³-hybridized carbons (Fsp3) is 0.368. The second-order valence-corrected chi connectivity index (χ2v) is 12.9. The number of aryl methyl sites for hydroxylation is 1. The molecule has 4 aromatic carbocycles. The predicted octanol–water partition coefficient (Wildman–Crippen LogP) is 7.37. The van der Waals surface area contributed by atoms with E-state index in [0.717, 1.165) is 36.1 Å². The predicted molar refractivity (Wildman–Crippen MR) is 183 cm³/mol. The van der Waals surface area contributed by atoms with E-state index < -0.39 is 0 Å². The lowest BCUT2D eigenvalue weighted by molar-refractivity contribution is -0.386. The lowest BCUT2D eigenvalue weighted by Gasteiger charge is -2.37. The zero-order chi connectivity index (χ0) is 33.7. The Morgan fingerprint density at radius 1 is 0.792 bits per heavy atom. The molecule has 6 bridgehead atoms. The Morgan fingerprint density at radius 2 is 1.48 bits per heavy atom. The van der Waals surface area contributed by atoms with Crippen LogP contribution in [0, 0.1) is 17.0 Å². The second-order valence-electron chi connectivity index (χ2n) is 12.9. The smallest absolute Gasteiger partial charge is 0.318 e. The molecule has 10 heteroatoms. The van der Waals surface area contributed by atoms with Gasteiger partial charge in [0.05, 0.1) is 26.3 Å². The van der Waals surface area contributed by atoms with Crippen LogP contribution in [0.1, 0.15) is 51.0 Å². The van der Waals surface area contributed by atoms with Crippen LogP contribution in [0.4, 0.5) is 5.69 Å². The summed E-state index contributed by atoms with van der Waals surface area (Å²) in [5.41, 5.74) is 6.92. The van der Waals surface area contributed by atoms with Crippen molar-refractivity contribution in [1.82, 2.24) is 9.80 Å². The number of ether oxygens (including phenoxy) is 5. The molecule has 0 aliphatic carbocycles. The average Bonchev–Trinajstić information content (AvgIpc) is 3.07. The van der Waals surface area contributed by atoms with Gasteiger partial charge in [-0.05, 0) is 105 Å². The van der Waals surface area contributed by atoms with Gasteiger partial charge >= 0.3 is 5.69 Å². The number of nitrogens with zero attached hydrogens (tertiary/aromatic N) is 3. The molecular formula is C38H41N3O7. The van der Waals surface area contributed by atoms with Gasteiger partial charge in [0, 0.05) is 36.3 Å². The summed E-state index contributed by atoms with van der Waals surface area (Å²) in [5.74, 6) is 3.34. The maximum atomic E-state index is 12.7.